The van der Waals surface area contributed by atoms with Crippen molar-refractivity contribution in [2.75, 3.05) is 26.8 Å². The van der Waals surface area contributed by atoms with Gasteiger partial charge in [-0.05, 0) is 20.8 Å². The lowest BCUT2D eigenvalue weighted by Crippen LogP contribution is -2.37. The molecule has 0 spiro atoms. The van der Waals surface area contributed by atoms with Crippen molar-refractivity contribution >= 4 is 0 Å². The van der Waals surface area contributed by atoms with Crippen LogP contribution in [0.15, 0.2) is 11.6 Å². The maximum absolute atomic E-state index is 9.80. The van der Waals surface area contributed by atoms with E-state index in [2.05, 4.69) is 5.32 Å². The summed E-state index contributed by atoms with van der Waals surface area (Å²) in [4.78, 5) is 0. The van der Waals surface area contributed by atoms with Gasteiger partial charge in [-0.3, -0.25) is 0 Å². The molecule has 0 saturated carbocycles. The zero-order valence-electron chi connectivity index (χ0n) is 9.05. The lowest BCUT2D eigenvalue weighted by atomic mass is 10.0. The Bertz CT molecular complexity index is 160. The predicted molar refractivity (Wildman–Crippen MR) is 54.8 cm³/mol. The molecule has 0 aromatic heterocycles. The number of hydrogen-bond acceptors (Lipinski definition) is 3. The zero-order chi connectivity index (χ0) is 10.3. The number of methoxy groups -OCH3 is 1. The molecule has 0 saturated heterocycles. The van der Waals surface area contributed by atoms with Crippen molar-refractivity contribution in [2.45, 2.75) is 26.4 Å². The molecule has 0 rings (SSSR count). The molecule has 0 amide bonds. The second kappa shape index (κ2) is 6.13. The smallest absolute Gasteiger partial charge is 0.0925 e. The molecular weight excluding hydrogens is 166 g/mol. The van der Waals surface area contributed by atoms with Crippen molar-refractivity contribution in [3.05, 3.63) is 11.6 Å². The predicted octanol–water partition coefficient (Wildman–Crippen LogP) is 0.940. The van der Waals surface area contributed by atoms with Crippen LogP contribution >= 0.6 is 0 Å². The molecule has 2 N–H and O–H groups in total. The first-order chi connectivity index (χ1) is 5.98. The molecule has 0 aliphatic carbocycles. The van der Waals surface area contributed by atoms with E-state index in [1.54, 1.807) is 14.0 Å². The van der Waals surface area contributed by atoms with Gasteiger partial charge in [-0.2, -0.15) is 0 Å². The van der Waals surface area contributed by atoms with Gasteiger partial charge in [0.25, 0.3) is 0 Å². The fourth-order valence-electron chi connectivity index (χ4n) is 1.19. The molecule has 13 heavy (non-hydrogen) atoms. The van der Waals surface area contributed by atoms with Gasteiger partial charge in [0.15, 0.2) is 0 Å². The quantitative estimate of drug-likeness (QED) is 0.480. The second-order valence-electron chi connectivity index (χ2n) is 3.75. The minimum Gasteiger partial charge on any atom is -0.385 e. The van der Waals surface area contributed by atoms with Gasteiger partial charge in [0.1, 0.15) is 0 Å². The maximum Gasteiger partial charge on any atom is 0.0925 e. The Balaban J connectivity index is 3.70. The van der Waals surface area contributed by atoms with Gasteiger partial charge in [-0.25, -0.2) is 0 Å². The van der Waals surface area contributed by atoms with Crippen LogP contribution in [-0.2, 0) is 4.74 Å². The monoisotopic (exact) mass is 187 g/mol. The average molecular weight is 187 g/mol. The fourth-order valence-corrected chi connectivity index (χ4v) is 1.19. The Morgan fingerprint density at radius 2 is 2.15 bits per heavy atom. The summed E-state index contributed by atoms with van der Waals surface area (Å²) >= 11 is 0. The summed E-state index contributed by atoms with van der Waals surface area (Å²) in [5, 5.41) is 12.9. The van der Waals surface area contributed by atoms with Crippen molar-refractivity contribution in [1.82, 2.24) is 5.32 Å². The molecule has 78 valence electrons. The molecule has 0 aromatic rings. The number of hydrogen-bond donors (Lipinski definition) is 2. The highest BCUT2D eigenvalue weighted by atomic mass is 16.5. The molecular formula is C10H21NO2. The summed E-state index contributed by atoms with van der Waals surface area (Å²) in [5.41, 5.74) is 0.366. The molecule has 0 heterocycles. The first kappa shape index (κ1) is 12.6. The van der Waals surface area contributed by atoms with Gasteiger partial charge in [0.05, 0.1) is 12.2 Å². The maximum atomic E-state index is 9.80. The summed E-state index contributed by atoms with van der Waals surface area (Å²) in [7, 11) is 1.66. The van der Waals surface area contributed by atoms with Crippen LogP contribution in [0.25, 0.3) is 0 Å². The molecule has 3 heteroatoms. The minimum atomic E-state index is -0.757. The Morgan fingerprint density at radius 1 is 1.54 bits per heavy atom. The highest BCUT2D eigenvalue weighted by molar-refractivity contribution is 5.05. The standard InChI is InChI=1S/C10H21NO2/c1-9(2)7-10(3,12)8-11-5-6-13-4/h7,11-12H,5-6,8H2,1-4H3. The van der Waals surface area contributed by atoms with Crippen molar-refractivity contribution in [1.29, 1.82) is 0 Å². The van der Waals surface area contributed by atoms with E-state index in [0.717, 1.165) is 12.1 Å². The largest absolute Gasteiger partial charge is 0.385 e. The van der Waals surface area contributed by atoms with Gasteiger partial charge in [0.2, 0.25) is 0 Å². The topological polar surface area (TPSA) is 41.5 Å². The second-order valence-corrected chi connectivity index (χ2v) is 3.75. The lowest BCUT2D eigenvalue weighted by Gasteiger charge is -2.20. The molecule has 1 unspecified atom stereocenters. The van der Waals surface area contributed by atoms with Gasteiger partial charge in [0, 0.05) is 20.2 Å². The van der Waals surface area contributed by atoms with Crippen molar-refractivity contribution in [2.24, 2.45) is 0 Å². The van der Waals surface area contributed by atoms with E-state index in [4.69, 9.17) is 4.74 Å². The summed E-state index contributed by atoms with van der Waals surface area (Å²) in [6.45, 7) is 7.74. The van der Waals surface area contributed by atoms with Crippen LogP contribution in [0.2, 0.25) is 0 Å². The van der Waals surface area contributed by atoms with E-state index < -0.39 is 5.60 Å². The lowest BCUT2D eigenvalue weighted by molar-refractivity contribution is 0.105. The number of ether oxygens (including phenoxy) is 1. The fraction of sp³-hybridized carbons (Fsp3) is 0.800. The molecule has 0 radical (unpaired) electrons. The third kappa shape index (κ3) is 7.96. The number of nitrogens with one attached hydrogen (secondary N) is 1. The van der Waals surface area contributed by atoms with Crippen molar-refractivity contribution < 1.29 is 9.84 Å². The Morgan fingerprint density at radius 3 is 2.62 bits per heavy atom. The van der Waals surface area contributed by atoms with Crippen LogP contribution in [0.4, 0.5) is 0 Å². The van der Waals surface area contributed by atoms with Crippen LogP contribution in [0.1, 0.15) is 20.8 Å². The molecule has 0 aromatic carbocycles. The Labute approximate surface area is 80.8 Å². The average Bonchev–Trinajstić information content (AvgIpc) is 1.95. The summed E-state index contributed by atoms with van der Waals surface area (Å²) in [6, 6.07) is 0. The summed E-state index contributed by atoms with van der Waals surface area (Å²) in [6.07, 6.45) is 1.85. The van der Waals surface area contributed by atoms with Gasteiger partial charge in [-0.15, -0.1) is 0 Å². The molecule has 0 fully saturated rings. The van der Waals surface area contributed by atoms with E-state index >= 15 is 0 Å². The SMILES string of the molecule is COCCNCC(C)(O)C=C(C)C. The Kier molecular flexibility index (Phi) is 5.95. The zero-order valence-corrected chi connectivity index (χ0v) is 9.05. The van der Waals surface area contributed by atoms with Crippen LogP contribution in [-0.4, -0.2) is 37.5 Å². The van der Waals surface area contributed by atoms with Crippen molar-refractivity contribution in [3.8, 4) is 0 Å². The Hall–Kier alpha value is -0.380. The van der Waals surface area contributed by atoms with Crippen molar-refractivity contribution in [3.63, 3.8) is 0 Å². The van der Waals surface area contributed by atoms with Crippen LogP contribution in [0, 0.1) is 0 Å². The van der Waals surface area contributed by atoms with E-state index in [0.29, 0.717) is 13.2 Å². The van der Waals surface area contributed by atoms with Gasteiger partial charge in [-0.1, -0.05) is 11.6 Å². The highest BCUT2D eigenvalue weighted by Crippen LogP contribution is 2.06. The van der Waals surface area contributed by atoms with Crippen LogP contribution in [0.5, 0.6) is 0 Å². The first-order valence-corrected chi connectivity index (χ1v) is 4.56. The van der Waals surface area contributed by atoms with Crippen LogP contribution in [0.3, 0.4) is 0 Å². The van der Waals surface area contributed by atoms with E-state index in [1.807, 2.05) is 19.9 Å². The highest BCUT2D eigenvalue weighted by Gasteiger charge is 2.15. The van der Waals surface area contributed by atoms with Crippen LogP contribution < -0.4 is 5.32 Å². The number of allylic oxidation sites excluding steroid dienone is 1. The minimum absolute atomic E-state index is 0.557. The number of aliphatic hydroxyl groups is 1. The molecule has 0 aliphatic rings. The van der Waals surface area contributed by atoms with Gasteiger partial charge >= 0.3 is 0 Å². The van der Waals surface area contributed by atoms with E-state index in [-0.39, 0.29) is 0 Å². The number of rotatable bonds is 6. The third-order valence-electron chi connectivity index (χ3n) is 1.57. The summed E-state index contributed by atoms with van der Waals surface area (Å²) in [5.74, 6) is 0. The van der Waals surface area contributed by atoms with E-state index in [1.165, 1.54) is 0 Å². The molecule has 0 bridgehead atoms. The third-order valence-corrected chi connectivity index (χ3v) is 1.57. The molecule has 1 atom stereocenters. The van der Waals surface area contributed by atoms with Gasteiger partial charge < -0.3 is 15.2 Å². The van der Waals surface area contributed by atoms with E-state index in [9.17, 15) is 5.11 Å². The normalized spacial score (nSPS) is 15.2. The molecule has 3 nitrogen and oxygen atoms in total. The first-order valence-electron chi connectivity index (χ1n) is 4.56. The molecule has 0 aliphatic heterocycles. The summed E-state index contributed by atoms with van der Waals surface area (Å²) < 4.78 is 4.88.